The Morgan fingerprint density at radius 1 is 1.03 bits per heavy atom. The lowest BCUT2D eigenvalue weighted by Gasteiger charge is -2.23. The number of nitrogens with one attached hydrogen (secondary N) is 1. The molecule has 4 rings (SSSR count). The molecule has 0 saturated heterocycles. The maximum atomic E-state index is 13.1. The molecule has 3 aromatic carbocycles. The number of aromatic nitrogens is 2. The first-order valence-corrected chi connectivity index (χ1v) is 9.94. The normalized spacial score (nSPS) is 11.6. The number of alkyl halides is 3. The first-order valence-electron chi connectivity index (χ1n) is 9.56. The predicted octanol–water partition coefficient (Wildman–Crippen LogP) is 3.87. The summed E-state index contributed by atoms with van der Waals surface area (Å²) in [6, 6.07) is 16.3. The topological polar surface area (TPSA) is 88.3 Å². The van der Waals surface area contributed by atoms with Crippen LogP contribution < -0.4 is 21.1 Å². The lowest BCUT2D eigenvalue weighted by molar-refractivity contribution is 0.0551. The van der Waals surface area contributed by atoms with Crippen molar-refractivity contribution in [2.24, 2.45) is 0 Å². The van der Waals surface area contributed by atoms with Crippen molar-refractivity contribution < 1.29 is 13.3 Å². The fourth-order valence-corrected chi connectivity index (χ4v) is 3.34. The van der Waals surface area contributed by atoms with E-state index in [4.69, 9.17) is 11.6 Å². The predicted molar refractivity (Wildman–Crippen MR) is 117 cm³/mol. The second kappa shape index (κ2) is 8.51. The van der Waals surface area contributed by atoms with E-state index in [9.17, 15) is 18.4 Å². The molecule has 0 unspecified atom stereocenters. The average Bonchev–Trinajstić information content (AvgIpc) is 3.28. The Morgan fingerprint density at radius 2 is 1.72 bits per heavy atom. The quantitative estimate of drug-likeness (QED) is 0.317. The number of halogens is 3. The van der Waals surface area contributed by atoms with Crippen molar-refractivity contribution in [3.8, 4) is 11.4 Å². The summed E-state index contributed by atoms with van der Waals surface area (Å²) in [5.74, 6) is -0.997. The molecule has 10 heteroatoms. The highest BCUT2D eigenvalue weighted by molar-refractivity contribution is 6.21. The molecule has 1 heterocycles. The number of anilines is 2. The third-order valence-corrected chi connectivity index (χ3v) is 5.04. The molecular formula is C22H17ClF2N4O3. The molecule has 0 aliphatic heterocycles. The molecule has 0 atom stereocenters. The Balaban J connectivity index is 1.45. The van der Waals surface area contributed by atoms with E-state index in [1.54, 1.807) is 36.2 Å². The van der Waals surface area contributed by atoms with Crippen LogP contribution in [0.25, 0.3) is 11.4 Å². The minimum atomic E-state index is -3.74. The summed E-state index contributed by atoms with van der Waals surface area (Å²) in [5.41, 5.74) is 1.81. The van der Waals surface area contributed by atoms with E-state index in [-0.39, 0.29) is 5.82 Å². The van der Waals surface area contributed by atoms with Gasteiger partial charge in [-0.2, -0.15) is 13.8 Å². The lowest BCUT2D eigenvalue weighted by Crippen LogP contribution is -2.41. The lowest BCUT2D eigenvalue weighted by atomic mass is 10.1. The van der Waals surface area contributed by atoms with E-state index in [0.717, 1.165) is 11.1 Å². The van der Waals surface area contributed by atoms with Gasteiger partial charge in [0.1, 0.15) is 11.4 Å². The Bertz CT molecular complexity index is 1290. The molecule has 4 aromatic rings. The molecule has 164 valence electrons. The van der Waals surface area contributed by atoms with E-state index in [1.807, 2.05) is 30.3 Å². The highest BCUT2D eigenvalue weighted by Gasteiger charge is 2.35. The van der Waals surface area contributed by atoms with Crippen LogP contribution in [-0.4, -0.2) is 17.2 Å². The summed E-state index contributed by atoms with van der Waals surface area (Å²) in [4.78, 5) is 29.5. The third kappa shape index (κ3) is 4.38. The summed E-state index contributed by atoms with van der Waals surface area (Å²) in [6.07, 6.45) is 0. The van der Waals surface area contributed by atoms with E-state index < -0.39 is 22.1 Å². The van der Waals surface area contributed by atoms with Crippen LogP contribution in [0.15, 0.2) is 68.7 Å². The van der Waals surface area contributed by atoms with Gasteiger partial charge in [-0.05, 0) is 22.7 Å². The van der Waals surface area contributed by atoms with Crippen molar-refractivity contribution in [1.29, 1.82) is 0 Å². The number of nitrogens with zero attached hydrogens (tertiary/aromatic N) is 3. The number of benzene rings is 2. The number of rotatable bonds is 8. The van der Waals surface area contributed by atoms with E-state index in [2.05, 4.69) is 20.0 Å². The highest BCUT2D eigenvalue weighted by atomic mass is 35.5. The first kappa shape index (κ1) is 21.6. The summed E-state index contributed by atoms with van der Waals surface area (Å²) < 4.78 is 30.6. The van der Waals surface area contributed by atoms with Gasteiger partial charge in [0.25, 0.3) is 10.9 Å². The van der Waals surface area contributed by atoms with Crippen molar-refractivity contribution in [2.45, 2.75) is 18.5 Å². The Kier molecular flexibility index (Phi) is 5.75. The fraction of sp³-hybridized carbons (Fsp3) is 0.182. The molecule has 0 aliphatic rings. The second-order valence-corrected chi connectivity index (χ2v) is 7.67. The summed E-state index contributed by atoms with van der Waals surface area (Å²) >= 11 is 4.89. The highest BCUT2D eigenvalue weighted by Crippen LogP contribution is 2.32. The van der Waals surface area contributed by atoms with Gasteiger partial charge < -0.3 is 14.7 Å². The summed E-state index contributed by atoms with van der Waals surface area (Å²) in [5, 5.41) is 2.82. The van der Waals surface area contributed by atoms with E-state index in [1.165, 1.54) is 0 Å². The van der Waals surface area contributed by atoms with Gasteiger partial charge in [0.15, 0.2) is 0 Å². The maximum absolute atomic E-state index is 13.1. The standard InChI is InChI=1S/C22H17ClF2N4O3/c1-29(17-16(18(30)19(17)31)26-11-13-5-3-2-4-6-13)12-14-7-9-15(10-8-14)20-27-21(32-28-20)22(23,24)25/h2-10,26H,11-12H2,1H3. The average molecular weight is 459 g/mol. The van der Waals surface area contributed by atoms with Crippen molar-refractivity contribution in [1.82, 2.24) is 10.1 Å². The molecule has 0 amide bonds. The van der Waals surface area contributed by atoms with Gasteiger partial charge in [0.2, 0.25) is 5.82 Å². The monoisotopic (exact) mass is 458 g/mol. The fourth-order valence-electron chi connectivity index (χ4n) is 3.26. The van der Waals surface area contributed by atoms with Crippen molar-refractivity contribution in [3.63, 3.8) is 0 Å². The Morgan fingerprint density at radius 3 is 2.34 bits per heavy atom. The molecule has 1 N–H and O–H groups in total. The van der Waals surface area contributed by atoms with Crippen LogP contribution >= 0.6 is 11.6 Å². The van der Waals surface area contributed by atoms with Crippen LogP contribution in [0.1, 0.15) is 17.0 Å². The largest absolute Gasteiger partial charge is 0.400 e. The number of hydrogen-bond donors (Lipinski definition) is 1. The summed E-state index contributed by atoms with van der Waals surface area (Å²) in [7, 11) is 1.71. The van der Waals surface area contributed by atoms with Crippen molar-refractivity contribution >= 4 is 23.0 Å². The zero-order valence-corrected chi connectivity index (χ0v) is 17.6. The van der Waals surface area contributed by atoms with Crippen molar-refractivity contribution in [2.75, 3.05) is 17.3 Å². The Labute approximate surface area is 185 Å². The zero-order chi connectivity index (χ0) is 22.9. The van der Waals surface area contributed by atoms with Gasteiger partial charge in [0, 0.05) is 25.7 Å². The molecule has 0 bridgehead atoms. The van der Waals surface area contributed by atoms with Crippen LogP contribution in [0.5, 0.6) is 0 Å². The maximum Gasteiger partial charge on any atom is 0.400 e. The summed E-state index contributed by atoms with van der Waals surface area (Å²) in [6.45, 7) is 0.775. The SMILES string of the molecule is CN(Cc1ccc(-c2noc(C(F)(F)Cl)n2)cc1)c1c(NCc2ccccc2)c(=O)c1=O. The van der Waals surface area contributed by atoms with Crippen LogP contribution in [-0.2, 0) is 18.5 Å². The second-order valence-electron chi connectivity index (χ2n) is 7.19. The minimum Gasteiger partial charge on any atom is -0.376 e. The molecule has 0 saturated carbocycles. The van der Waals surface area contributed by atoms with Crippen LogP contribution in [0.2, 0.25) is 0 Å². The molecule has 0 radical (unpaired) electrons. The van der Waals surface area contributed by atoms with Crippen LogP contribution in [0.4, 0.5) is 20.2 Å². The third-order valence-electron chi connectivity index (χ3n) is 4.88. The van der Waals surface area contributed by atoms with Gasteiger partial charge in [-0.3, -0.25) is 9.59 Å². The molecule has 0 fully saturated rings. The van der Waals surface area contributed by atoms with E-state index >= 15 is 0 Å². The molecule has 0 spiro atoms. The Hall–Kier alpha value is -3.59. The number of hydrogen-bond acceptors (Lipinski definition) is 7. The molecule has 1 aromatic heterocycles. The van der Waals surface area contributed by atoms with Crippen LogP contribution in [0.3, 0.4) is 0 Å². The zero-order valence-electron chi connectivity index (χ0n) is 16.8. The molecular weight excluding hydrogens is 442 g/mol. The first-order chi connectivity index (χ1) is 15.2. The van der Waals surface area contributed by atoms with Crippen LogP contribution in [0, 0.1) is 0 Å². The van der Waals surface area contributed by atoms with Gasteiger partial charge in [-0.15, -0.1) is 0 Å². The smallest absolute Gasteiger partial charge is 0.376 e. The molecule has 32 heavy (non-hydrogen) atoms. The van der Waals surface area contributed by atoms with Gasteiger partial charge in [0.05, 0.1) is 0 Å². The van der Waals surface area contributed by atoms with Gasteiger partial charge in [-0.25, -0.2) is 0 Å². The van der Waals surface area contributed by atoms with Gasteiger partial charge in [-0.1, -0.05) is 59.8 Å². The van der Waals surface area contributed by atoms with Crippen molar-refractivity contribution in [3.05, 3.63) is 92.1 Å². The minimum absolute atomic E-state index is 0.0184. The van der Waals surface area contributed by atoms with Gasteiger partial charge >= 0.3 is 11.3 Å². The molecule has 7 nitrogen and oxygen atoms in total. The van der Waals surface area contributed by atoms with E-state index in [0.29, 0.717) is 30.0 Å². The molecule has 0 aliphatic carbocycles.